The molecule has 0 unspecified atom stereocenters. The number of methoxy groups -OCH3 is 1. The Balaban J connectivity index is 1.48. The second-order valence-electron chi connectivity index (χ2n) is 8.29. The van der Waals surface area contributed by atoms with Gasteiger partial charge < -0.3 is 15.0 Å². The van der Waals surface area contributed by atoms with Crippen LogP contribution in [0, 0.1) is 0 Å². The molecule has 4 rings (SSSR count). The van der Waals surface area contributed by atoms with Gasteiger partial charge in [0.2, 0.25) is 0 Å². The molecule has 174 valence electrons. The topological polar surface area (TPSA) is 63.6 Å². The van der Waals surface area contributed by atoms with Gasteiger partial charge in [0, 0.05) is 35.7 Å². The maximum atomic E-state index is 13.1. The number of nitrogens with zero attached hydrogens (tertiary/aromatic N) is 2. The highest BCUT2D eigenvalue weighted by Gasteiger charge is 2.15. The van der Waals surface area contributed by atoms with E-state index in [1.54, 1.807) is 43.6 Å². The summed E-state index contributed by atoms with van der Waals surface area (Å²) < 4.78 is 6.74. The number of amides is 1. The standard InChI is InChI=1S/C28H29N3O3/c1-30(19-21-9-4-3-5-10-21)18-8-17-29-27(32)26-20-31(22-13-15-23(34-2)16-14-22)28(33)25-12-7-6-11-24(25)26/h3-7,9-16,20H,8,17-19H2,1-2H3,(H,29,32). The quantitative estimate of drug-likeness (QED) is 0.383. The van der Waals surface area contributed by atoms with Crippen LogP contribution in [-0.4, -0.2) is 42.6 Å². The van der Waals surface area contributed by atoms with Gasteiger partial charge in [-0.25, -0.2) is 0 Å². The van der Waals surface area contributed by atoms with Gasteiger partial charge in [-0.15, -0.1) is 0 Å². The summed E-state index contributed by atoms with van der Waals surface area (Å²) in [7, 11) is 3.67. The van der Waals surface area contributed by atoms with Crippen molar-refractivity contribution in [2.24, 2.45) is 0 Å². The van der Waals surface area contributed by atoms with E-state index in [-0.39, 0.29) is 11.5 Å². The van der Waals surface area contributed by atoms with Crippen molar-refractivity contribution in [1.29, 1.82) is 0 Å². The van der Waals surface area contributed by atoms with Crippen LogP contribution < -0.4 is 15.6 Å². The Hall–Kier alpha value is -3.90. The van der Waals surface area contributed by atoms with E-state index in [0.717, 1.165) is 19.5 Å². The number of ether oxygens (including phenoxy) is 1. The minimum absolute atomic E-state index is 0.167. The number of hydrogen-bond donors (Lipinski definition) is 1. The first kappa shape index (κ1) is 23.3. The lowest BCUT2D eigenvalue weighted by Gasteiger charge is -2.17. The van der Waals surface area contributed by atoms with Crippen molar-refractivity contribution in [3.63, 3.8) is 0 Å². The van der Waals surface area contributed by atoms with Crippen LogP contribution in [0.4, 0.5) is 0 Å². The average Bonchev–Trinajstić information content (AvgIpc) is 2.87. The molecule has 0 saturated carbocycles. The maximum Gasteiger partial charge on any atom is 0.262 e. The summed E-state index contributed by atoms with van der Waals surface area (Å²) in [6.45, 7) is 2.28. The fourth-order valence-electron chi connectivity index (χ4n) is 4.03. The van der Waals surface area contributed by atoms with Gasteiger partial charge in [-0.1, -0.05) is 48.5 Å². The zero-order valence-electron chi connectivity index (χ0n) is 19.5. The lowest BCUT2D eigenvalue weighted by Crippen LogP contribution is -2.30. The first-order valence-corrected chi connectivity index (χ1v) is 11.4. The normalized spacial score (nSPS) is 11.0. The van der Waals surface area contributed by atoms with E-state index < -0.39 is 0 Å². The van der Waals surface area contributed by atoms with Gasteiger partial charge in [0.05, 0.1) is 12.7 Å². The van der Waals surface area contributed by atoms with E-state index in [4.69, 9.17) is 4.74 Å². The third-order valence-corrected chi connectivity index (χ3v) is 5.82. The smallest absolute Gasteiger partial charge is 0.262 e. The Kier molecular flexibility index (Phi) is 7.40. The van der Waals surface area contributed by atoms with Gasteiger partial charge in [0.15, 0.2) is 0 Å². The fourth-order valence-corrected chi connectivity index (χ4v) is 4.03. The first-order valence-electron chi connectivity index (χ1n) is 11.4. The van der Waals surface area contributed by atoms with E-state index in [0.29, 0.717) is 34.3 Å². The molecule has 0 aliphatic carbocycles. The molecule has 0 fully saturated rings. The molecule has 3 aromatic carbocycles. The number of hydrogen-bond acceptors (Lipinski definition) is 4. The molecule has 0 spiro atoms. The Morgan fingerprint density at radius 2 is 1.62 bits per heavy atom. The minimum atomic E-state index is -0.191. The van der Waals surface area contributed by atoms with Crippen LogP contribution in [0.5, 0.6) is 5.75 Å². The second kappa shape index (κ2) is 10.8. The van der Waals surface area contributed by atoms with Crippen molar-refractivity contribution in [3.8, 4) is 11.4 Å². The summed E-state index contributed by atoms with van der Waals surface area (Å²) >= 11 is 0. The van der Waals surface area contributed by atoms with Crippen molar-refractivity contribution in [2.45, 2.75) is 13.0 Å². The SMILES string of the molecule is COc1ccc(-n2cc(C(=O)NCCCN(C)Cc3ccccc3)c3ccccc3c2=O)cc1. The van der Waals surface area contributed by atoms with Gasteiger partial charge in [0.1, 0.15) is 5.75 Å². The predicted octanol–water partition coefficient (Wildman–Crippen LogP) is 4.25. The monoisotopic (exact) mass is 455 g/mol. The molecule has 6 nitrogen and oxygen atoms in total. The van der Waals surface area contributed by atoms with E-state index in [9.17, 15) is 9.59 Å². The van der Waals surface area contributed by atoms with Gasteiger partial charge in [-0.2, -0.15) is 0 Å². The molecule has 1 N–H and O–H groups in total. The highest BCUT2D eigenvalue weighted by atomic mass is 16.5. The number of benzene rings is 3. The largest absolute Gasteiger partial charge is 0.497 e. The van der Waals surface area contributed by atoms with E-state index in [2.05, 4.69) is 29.4 Å². The zero-order chi connectivity index (χ0) is 23.9. The molecule has 1 aromatic heterocycles. The van der Waals surface area contributed by atoms with Crippen LogP contribution in [0.3, 0.4) is 0 Å². The number of carbonyl (C=O) groups excluding carboxylic acids is 1. The summed E-state index contributed by atoms with van der Waals surface area (Å²) in [6, 6.07) is 24.7. The van der Waals surface area contributed by atoms with Crippen LogP contribution in [-0.2, 0) is 6.54 Å². The van der Waals surface area contributed by atoms with Crippen molar-refractivity contribution in [1.82, 2.24) is 14.8 Å². The molecule has 1 heterocycles. The molecule has 0 aliphatic rings. The van der Waals surface area contributed by atoms with Crippen LogP contribution >= 0.6 is 0 Å². The van der Waals surface area contributed by atoms with Crippen molar-refractivity contribution >= 4 is 16.7 Å². The number of aromatic nitrogens is 1. The third kappa shape index (κ3) is 5.35. The van der Waals surface area contributed by atoms with Crippen LogP contribution in [0.2, 0.25) is 0 Å². The summed E-state index contributed by atoms with van der Waals surface area (Å²) in [5, 5.41) is 4.18. The van der Waals surface area contributed by atoms with E-state index in [1.165, 1.54) is 10.1 Å². The molecule has 0 radical (unpaired) electrons. The molecule has 1 amide bonds. The van der Waals surface area contributed by atoms with Gasteiger partial charge in [0.25, 0.3) is 11.5 Å². The highest BCUT2D eigenvalue weighted by molar-refractivity contribution is 6.06. The average molecular weight is 456 g/mol. The molecular formula is C28H29N3O3. The second-order valence-corrected chi connectivity index (χ2v) is 8.29. The minimum Gasteiger partial charge on any atom is -0.497 e. The van der Waals surface area contributed by atoms with Crippen LogP contribution in [0.25, 0.3) is 16.5 Å². The number of fused-ring (bicyclic) bond motifs is 1. The lowest BCUT2D eigenvalue weighted by molar-refractivity contribution is 0.0953. The Bertz CT molecular complexity index is 1310. The van der Waals surface area contributed by atoms with Crippen LogP contribution in [0.1, 0.15) is 22.3 Å². The highest BCUT2D eigenvalue weighted by Crippen LogP contribution is 2.19. The molecule has 6 heteroatoms. The van der Waals surface area contributed by atoms with Crippen molar-refractivity contribution in [3.05, 3.63) is 107 Å². The summed E-state index contributed by atoms with van der Waals surface area (Å²) in [5.41, 5.74) is 2.25. The van der Waals surface area contributed by atoms with Crippen molar-refractivity contribution in [2.75, 3.05) is 27.2 Å². The number of carbonyl (C=O) groups is 1. The molecule has 34 heavy (non-hydrogen) atoms. The van der Waals surface area contributed by atoms with Gasteiger partial charge in [-0.3, -0.25) is 14.2 Å². The molecule has 0 bridgehead atoms. The Morgan fingerprint density at radius 1 is 0.941 bits per heavy atom. The molecular weight excluding hydrogens is 426 g/mol. The predicted molar refractivity (Wildman–Crippen MR) is 136 cm³/mol. The van der Waals surface area contributed by atoms with Crippen LogP contribution in [0.15, 0.2) is 89.9 Å². The third-order valence-electron chi connectivity index (χ3n) is 5.82. The zero-order valence-corrected chi connectivity index (χ0v) is 19.5. The summed E-state index contributed by atoms with van der Waals surface area (Å²) in [4.78, 5) is 28.5. The van der Waals surface area contributed by atoms with E-state index in [1.807, 2.05) is 36.4 Å². The van der Waals surface area contributed by atoms with E-state index >= 15 is 0 Å². The molecule has 4 aromatic rings. The van der Waals surface area contributed by atoms with Gasteiger partial charge in [-0.05, 0) is 55.9 Å². The molecule has 0 saturated heterocycles. The summed E-state index contributed by atoms with van der Waals surface area (Å²) in [5.74, 6) is 0.511. The molecule has 0 aliphatic heterocycles. The van der Waals surface area contributed by atoms with Gasteiger partial charge >= 0.3 is 0 Å². The Labute approximate surface area is 199 Å². The first-order chi connectivity index (χ1) is 16.6. The summed E-state index contributed by atoms with van der Waals surface area (Å²) in [6.07, 6.45) is 2.45. The number of nitrogens with one attached hydrogen (secondary N) is 1. The number of rotatable bonds is 9. The lowest BCUT2D eigenvalue weighted by atomic mass is 10.1. The Morgan fingerprint density at radius 3 is 2.32 bits per heavy atom. The maximum absolute atomic E-state index is 13.1. The fraction of sp³-hybridized carbons (Fsp3) is 0.214. The van der Waals surface area contributed by atoms with Crippen molar-refractivity contribution < 1.29 is 9.53 Å². The molecule has 0 atom stereocenters. The number of pyridine rings is 1.